The number of halogens is 1. The lowest BCUT2D eigenvalue weighted by Crippen LogP contribution is -2.37. The zero-order valence-corrected chi connectivity index (χ0v) is 11.2. The molecule has 0 aliphatic heterocycles. The lowest BCUT2D eigenvalue weighted by atomic mass is 10.1. The minimum Gasteiger partial charge on any atom is -0.481 e. The van der Waals surface area contributed by atoms with Crippen molar-refractivity contribution in [2.24, 2.45) is 5.73 Å². The van der Waals surface area contributed by atoms with E-state index in [0.717, 1.165) is 0 Å². The molecule has 0 aliphatic rings. The summed E-state index contributed by atoms with van der Waals surface area (Å²) in [6.07, 6.45) is -0.522. The Balaban J connectivity index is 2.93. The number of carbonyl (C=O) groups is 2. The second-order valence-corrected chi connectivity index (χ2v) is 4.48. The summed E-state index contributed by atoms with van der Waals surface area (Å²) in [6, 6.07) is 1.21. The highest BCUT2D eigenvalue weighted by atomic mass is 35.5. The van der Waals surface area contributed by atoms with Crippen LogP contribution in [-0.4, -0.2) is 27.9 Å². The smallest absolute Gasteiger partial charge is 0.305 e. The molecule has 8 nitrogen and oxygen atoms in total. The van der Waals surface area contributed by atoms with Gasteiger partial charge in [0.15, 0.2) is 0 Å². The van der Waals surface area contributed by atoms with Crippen molar-refractivity contribution in [2.75, 3.05) is 5.32 Å². The van der Waals surface area contributed by atoms with Crippen molar-refractivity contribution in [1.29, 1.82) is 0 Å². The summed E-state index contributed by atoms with van der Waals surface area (Å²) in [6.45, 7) is 1.54. The number of anilines is 1. The molecule has 9 heteroatoms. The van der Waals surface area contributed by atoms with Gasteiger partial charge in [0, 0.05) is 11.8 Å². The average molecular weight is 302 g/mol. The van der Waals surface area contributed by atoms with Gasteiger partial charge in [0.25, 0.3) is 5.69 Å². The number of nitro benzene ring substituents is 1. The first-order valence-electron chi connectivity index (χ1n) is 5.45. The number of aryl methyl sites for hydroxylation is 1. The van der Waals surface area contributed by atoms with Crippen LogP contribution in [0.4, 0.5) is 11.4 Å². The Morgan fingerprint density at radius 3 is 2.65 bits per heavy atom. The van der Waals surface area contributed by atoms with Gasteiger partial charge in [-0.25, -0.2) is 0 Å². The molecule has 0 aliphatic carbocycles. The van der Waals surface area contributed by atoms with Crippen molar-refractivity contribution >= 4 is 34.9 Å². The molecular weight excluding hydrogens is 290 g/mol. The van der Waals surface area contributed by atoms with E-state index in [0.29, 0.717) is 5.56 Å². The molecule has 1 amide bonds. The van der Waals surface area contributed by atoms with Crippen LogP contribution in [0.2, 0.25) is 5.02 Å². The second kappa shape index (κ2) is 6.31. The van der Waals surface area contributed by atoms with E-state index in [1.54, 1.807) is 6.92 Å². The van der Waals surface area contributed by atoms with Gasteiger partial charge in [0.2, 0.25) is 5.91 Å². The fourth-order valence-electron chi connectivity index (χ4n) is 1.45. The van der Waals surface area contributed by atoms with Crippen LogP contribution in [0.5, 0.6) is 0 Å². The third-order valence-corrected chi connectivity index (χ3v) is 2.78. The topological polar surface area (TPSA) is 136 Å². The van der Waals surface area contributed by atoms with Gasteiger partial charge in [-0.2, -0.15) is 0 Å². The Morgan fingerprint density at radius 2 is 2.15 bits per heavy atom. The SMILES string of the molecule is Cc1cc([N+](=O)[O-])c(Cl)cc1NC(=O)C(N)CC(=O)O. The minimum absolute atomic E-state index is 0.136. The van der Waals surface area contributed by atoms with E-state index in [4.69, 9.17) is 22.4 Å². The number of carboxylic acids is 1. The summed E-state index contributed by atoms with van der Waals surface area (Å²) in [4.78, 5) is 32.1. The Hall–Kier alpha value is -2.19. The van der Waals surface area contributed by atoms with Crippen LogP contribution in [0.15, 0.2) is 12.1 Å². The van der Waals surface area contributed by atoms with E-state index in [1.807, 2.05) is 0 Å². The van der Waals surface area contributed by atoms with Crippen LogP contribution in [0.25, 0.3) is 0 Å². The van der Waals surface area contributed by atoms with E-state index in [2.05, 4.69) is 5.32 Å². The van der Waals surface area contributed by atoms with E-state index in [9.17, 15) is 19.7 Å². The summed E-state index contributed by atoms with van der Waals surface area (Å²) < 4.78 is 0. The number of nitrogens with two attached hydrogens (primary N) is 1. The normalized spacial score (nSPS) is 11.8. The predicted molar refractivity (Wildman–Crippen MR) is 71.7 cm³/mol. The van der Waals surface area contributed by atoms with Crippen molar-refractivity contribution in [2.45, 2.75) is 19.4 Å². The van der Waals surface area contributed by atoms with Crippen molar-refractivity contribution in [3.8, 4) is 0 Å². The summed E-state index contributed by atoms with van der Waals surface area (Å²) >= 11 is 5.73. The Bertz CT molecular complexity index is 575. The maximum atomic E-state index is 11.7. The first-order valence-corrected chi connectivity index (χ1v) is 5.83. The summed E-state index contributed by atoms with van der Waals surface area (Å²) in [5.74, 6) is -1.91. The first-order chi connectivity index (χ1) is 9.22. The van der Waals surface area contributed by atoms with Gasteiger partial charge in [0.1, 0.15) is 5.02 Å². The number of nitro groups is 1. The summed E-state index contributed by atoms with van der Waals surface area (Å²) in [7, 11) is 0. The molecule has 0 bridgehead atoms. The van der Waals surface area contributed by atoms with Gasteiger partial charge in [-0.1, -0.05) is 11.6 Å². The van der Waals surface area contributed by atoms with Crippen molar-refractivity contribution < 1.29 is 19.6 Å². The maximum absolute atomic E-state index is 11.7. The average Bonchev–Trinajstić information content (AvgIpc) is 2.31. The standard InChI is InChI=1S/C11H12ClN3O5/c1-5-2-9(15(19)20)6(12)3-8(5)14-11(18)7(13)4-10(16)17/h2-3,7H,4,13H2,1H3,(H,14,18)(H,16,17). The molecule has 4 N–H and O–H groups in total. The quantitative estimate of drug-likeness (QED) is 0.554. The monoisotopic (exact) mass is 301 g/mol. The highest BCUT2D eigenvalue weighted by Gasteiger charge is 2.20. The molecule has 0 fully saturated rings. The molecule has 1 unspecified atom stereocenters. The zero-order chi connectivity index (χ0) is 15.4. The fraction of sp³-hybridized carbons (Fsp3) is 0.273. The molecule has 1 rings (SSSR count). The fourth-order valence-corrected chi connectivity index (χ4v) is 1.68. The number of hydrogen-bond donors (Lipinski definition) is 3. The van der Waals surface area contributed by atoms with Gasteiger partial charge in [-0.3, -0.25) is 19.7 Å². The number of carbonyl (C=O) groups excluding carboxylic acids is 1. The lowest BCUT2D eigenvalue weighted by Gasteiger charge is -2.12. The lowest BCUT2D eigenvalue weighted by molar-refractivity contribution is -0.384. The molecule has 20 heavy (non-hydrogen) atoms. The predicted octanol–water partition coefficient (Wildman–Crippen LogP) is 1.30. The van der Waals surface area contributed by atoms with Gasteiger partial charge in [-0.05, 0) is 18.6 Å². The van der Waals surface area contributed by atoms with Gasteiger partial charge in [0.05, 0.1) is 17.4 Å². The number of rotatable bonds is 5. The molecule has 1 aromatic carbocycles. The molecule has 0 heterocycles. The molecule has 1 aromatic rings. The third-order valence-electron chi connectivity index (χ3n) is 2.48. The van der Waals surface area contributed by atoms with Crippen LogP contribution in [0.3, 0.4) is 0 Å². The van der Waals surface area contributed by atoms with Crippen molar-refractivity contribution in [3.05, 3.63) is 32.8 Å². The highest BCUT2D eigenvalue weighted by Crippen LogP contribution is 2.30. The van der Waals surface area contributed by atoms with E-state index in [1.165, 1.54) is 12.1 Å². The Morgan fingerprint density at radius 1 is 1.55 bits per heavy atom. The molecule has 108 valence electrons. The number of hydrogen-bond acceptors (Lipinski definition) is 5. The second-order valence-electron chi connectivity index (χ2n) is 4.07. The molecule has 0 aromatic heterocycles. The molecule has 0 saturated heterocycles. The largest absolute Gasteiger partial charge is 0.481 e. The third kappa shape index (κ3) is 3.90. The van der Waals surface area contributed by atoms with Crippen LogP contribution in [0.1, 0.15) is 12.0 Å². The van der Waals surface area contributed by atoms with Gasteiger partial charge < -0.3 is 16.2 Å². The van der Waals surface area contributed by atoms with E-state index in [-0.39, 0.29) is 16.4 Å². The van der Waals surface area contributed by atoms with Crippen LogP contribution in [-0.2, 0) is 9.59 Å². The number of carboxylic acid groups (broad SMARTS) is 1. The molecule has 0 radical (unpaired) electrons. The highest BCUT2D eigenvalue weighted by molar-refractivity contribution is 6.33. The molecule has 1 atom stereocenters. The van der Waals surface area contributed by atoms with Crippen molar-refractivity contribution in [1.82, 2.24) is 0 Å². The Labute approximate surface area is 118 Å². The number of nitrogens with zero attached hydrogens (tertiary/aromatic N) is 1. The molecule has 0 spiro atoms. The molecular formula is C11H12ClN3O5. The number of benzene rings is 1. The number of nitrogens with one attached hydrogen (secondary N) is 1. The van der Waals surface area contributed by atoms with Crippen LogP contribution in [0, 0.1) is 17.0 Å². The number of aliphatic carboxylic acids is 1. The van der Waals surface area contributed by atoms with Crippen molar-refractivity contribution in [3.63, 3.8) is 0 Å². The van der Waals surface area contributed by atoms with Gasteiger partial charge >= 0.3 is 5.97 Å². The van der Waals surface area contributed by atoms with Gasteiger partial charge in [-0.15, -0.1) is 0 Å². The number of amides is 1. The summed E-state index contributed by atoms with van der Waals surface area (Å²) in [5, 5.41) is 21.5. The zero-order valence-electron chi connectivity index (χ0n) is 10.4. The van der Waals surface area contributed by atoms with E-state index < -0.39 is 29.3 Å². The Kier molecular flexibility index (Phi) is 5.00. The van der Waals surface area contributed by atoms with E-state index >= 15 is 0 Å². The van der Waals surface area contributed by atoms with Crippen LogP contribution >= 0.6 is 11.6 Å². The molecule has 0 saturated carbocycles. The minimum atomic E-state index is -1.22. The maximum Gasteiger partial charge on any atom is 0.305 e. The van der Waals surface area contributed by atoms with Crippen LogP contribution < -0.4 is 11.1 Å². The summed E-state index contributed by atoms with van der Waals surface area (Å²) in [5.41, 5.74) is 5.77. The first kappa shape index (κ1) is 15.9.